The summed E-state index contributed by atoms with van der Waals surface area (Å²) in [5, 5.41) is 0. The molecule has 2 heterocycles. The zero-order valence-electron chi connectivity index (χ0n) is 9.26. The summed E-state index contributed by atoms with van der Waals surface area (Å²) in [6.45, 7) is 6.07. The molecule has 1 nitrogen and oxygen atoms in total. The van der Waals surface area contributed by atoms with E-state index in [2.05, 4.69) is 15.9 Å². The summed E-state index contributed by atoms with van der Waals surface area (Å²) in [6.07, 6.45) is 0. The zero-order chi connectivity index (χ0) is 11.9. The fourth-order valence-electron chi connectivity index (χ4n) is 1.49. The lowest BCUT2D eigenvalue weighted by Crippen LogP contribution is -1.97. The Hall–Kier alpha value is -0.450. The van der Waals surface area contributed by atoms with Gasteiger partial charge in [0.2, 0.25) is 5.78 Å². The van der Waals surface area contributed by atoms with Crippen molar-refractivity contribution >= 4 is 44.4 Å². The van der Waals surface area contributed by atoms with Crippen molar-refractivity contribution in [3.05, 3.63) is 41.7 Å². The van der Waals surface area contributed by atoms with Crippen LogP contribution < -0.4 is 0 Å². The van der Waals surface area contributed by atoms with Crippen LogP contribution in [0.2, 0.25) is 0 Å². The van der Waals surface area contributed by atoms with Gasteiger partial charge >= 0.3 is 0 Å². The quantitative estimate of drug-likeness (QED) is 0.732. The molecule has 0 aliphatic heterocycles. The predicted octanol–water partition coefficient (Wildman–Crippen LogP) is 4.73. The Morgan fingerprint density at radius 3 is 2.25 bits per heavy atom. The van der Waals surface area contributed by atoms with Gasteiger partial charge in [0.15, 0.2) is 0 Å². The highest BCUT2D eigenvalue weighted by atomic mass is 79.9. The lowest BCUT2D eigenvalue weighted by atomic mass is 10.1. The molecule has 0 unspecified atom stereocenters. The first kappa shape index (κ1) is 12.0. The van der Waals surface area contributed by atoms with Crippen LogP contribution in [0.1, 0.15) is 30.6 Å². The Bertz CT molecular complexity index is 532. The number of hydrogen-bond donors (Lipinski definition) is 0. The fraction of sp³-hybridized carbons (Fsp3) is 0.250. The van der Waals surface area contributed by atoms with Gasteiger partial charge in [-0.1, -0.05) is 0 Å². The third-order valence-corrected chi connectivity index (χ3v) is 5.23. The molecule has 0 aliphatic rings. The van der Waals surface area contributed by atoms with Crippen molar-refractivity contribution in [1.82, 2.24) is 0 Å². The van der Waals surface area contributed by atoms with E-state index in [4.69, 9.17) is 0 Å². The molecule has 0 aromatic carbocycles. The third kappa shape index (κ3) is 2.14. The minimum Gasteiger partial charge on any atom is -0.288 e. The minimum atomic E-state index is 0.139. The molecular weight excluding hydrogens is 304 g/mol. The second kappa shape index (κ2) is 4.43. The highest BCUT2D eigenvalue weighted by Gasteiger charge is 2.17. The number of carbonyl (C=O) groups excluding carboxylic acids is 1. The molecule has 84 valence electrons. The standard InChI is InChI=1S/C12H11BrOS2/c1-6-4-10(15-7(6)2)12(14)9-5-11(13)16-8(9)3/h4-5H,1-3H3. The van der Waals surface area contributed by atoms with Crippen molar-refractivity contribution in [2.75, 3.05) is 0 Å². The van der Waals surface area contributed by atoms with E-state index in [1.807, 2.05) is 32.9 Å². The molecule has 0 atom stereocenters. The lowest BCUT2D eigenvalue weighted by Gasteiger charge is -1.95. The molecule has 0 spiro atoms. The largest absolute Gasteiger partial charge is 0.288 e. The first-order chi connectivity index (χ1) is 7.49. The van der Waals surface area contributed by atoms with Crippen molar-refractivity contribution < 1.29 is 4.79 Å². The van der Waals surface area contributed by atoms with Crippen LogP contribution in [0.25, 0.3) is 0 Å². The van der Waals surface area contributed by atoms with Gasteiger partial charge in [-0.15, -0.1) is 22.7 Å². The van der Waals surface area contributed by atoms with Gasteiger partial charge in [0, 0.05) is 15.3 Å². The summed E-state index contributed by atoms with van der Waals surface area (Å²) in [5.41, 5.74) is 2.01. The molecule has 0 saturated carbocycles. The Labute approximate surface area is 111 Å². The van der Waals surface area contributed by atoms with E-state index in [0.29, 0.717) is 0 Å². The second-order valence-corrected chi connectivity index (χ2v) is 7.59. The maximum atomic E-state index is 12.2. The fourth-order valence-corrected chi connectivity index (χ4v) is 4.17. The van der Waals surface area contributed by atoms with Crippen molar-refractivity contribution in [2.24, 2.45) is 0 Å². The normalized spacial score (nSPS) is 10.8. The molecule has 16 heavy (non-hydrogen) atoms. The van der Waals surface area contributed by atoms with E-state index in [-0.39, 0.29) is 5.78 Å². The molecule has 0 radical (unpaired) electrons. The van der Waals surface area contributed by atoms with E-state index in [0.717, 1.165) is 19.1 Å². The smallest absolute Gasteiger partial charge is 0.204 e. The van der Waals surface area contributed by atoms with E-state index < -0.39 is 0 Å². The third-order valence-electron chi connectivity index (χ3n) is 2.52. The number of halogens is 1. The summed E-state index contributed by atoms with van der Waals surface area (Å²) < 4.78 is 1.01. The van der Waals surface area contributed by atoms with Crippen molar-refractivity contribution in [1.29, 1.82) is 0 Å². The maximum Gasteiger partial charge on any atom is 0.204 e. The van der Waals surface area contributed by atoms with Crippen molar-refractivity contribution in [2.45, 2.75) is 20.8 Å². The van der Waals surface area contributed by atoms with Gasteiger partial charge in [0.1, 0.15) is 0 Å². The van der Waals surface area contributed by atoms with Gasteiger partial charge in [0.05, 0.1) is 8.66 Å². The first-order valence-corrected chi connectivity index (χ1v) is 7.29. The van der Waals surface area contributed by atoms with E-state index in [1.165, 1.54) is 10.4 Å². The van der Waals surface area contributed by atoms with Crippen molar-refractivity contribution in [3.8, 4) is 0 Å². The van der Waals surface area contributed by atoms with Crippen LogP contribution in [-0.4, -0.2) is 5.78 Å². The Morgan fingerprint density at radius 1 is 1.12 bits per heavy atom. The highest BCUT2D eigenvalue weighted by Crippen LogP contribution is 2.30. The van der Waals surface area contributed by atoms with Crippen LogP contribution >= 0.6 is 38.6 Å². The van der Waals surface area contributed by atoms with Crippen LogP contribution in [0.15, 0.2) is 15.9 Å². The summed E-state index contributed by atoms with van der Waals surface area (Å²) >= 11 is 6.59. The molecule has 0 N–H and O–H groups in total. The molecule has 0 bridgehead atoms. The van der Waals surface area contributed by atoms with Crippen LogP contribution in [-0.2, 0) is 0 Å². The van der Waals surface area contributed by atoms with Gasteiger partial charge in [-0.25, -0.2) is 0 Å². The number of hydrogen-bond acceptors (Lipinski definition) is 3. The molecular formula is C12H11BrOS2. The molecule has 2 aromatic rings. The topological polar surface area (TPSA) is 17.1 Å². The van der Waals surface area contributed by atoms with Crippen molar-refractivity contribution in [3.63, 3.8) is 0 Å². The summed E-state index contributed by atoms with van der Waals surface area (Å²) in [7, 11) is 0. The summed E-state index contributed by atoms with van der Waals surface area (Å²) in [4.78, 5) is 15.4. The van der Waals surface area contributed by atoms with Gasteiger partial charge in [-0.3, -0.25) is 4.79 Å². The monoisotopic (exact) mass is 314 g/mol. The lowest BCUT2D eigenvalue weighted by molar-refractivity contribution is 0.104. The van der Waals surface area contributed by atoms with Crippen LogP contribution in [0.3, 0.4) is 0 Å². The highest BCUT2D eigenvalue weighted by molar-refractivity contribution is 9.11. The Kier molecular flexibility index (Phi) is 3.33. The number of carbonyl (C=O) groups is 1. The second-order valence-electron chi connectivity index (χ2n) is 3.70. The van der Waals surface area contributed by atoms with Crippen LogP contribution in [0.5, 0.6) is 0 Å². The summed E-state index contributed by atoms with van der Waals surface area (Å²) in [6, 6.07) is 3.89. The first-order valence-electron chi connectivity index (χ1n) is 4.86. The molecule has 2 rings (SSSR count). The SMILES string of the molecule is Cc1cc(C(=O)c2cc(Br)sc2C)sc1C. The molecule has 0 amide bonds. The van der Waals surface area contributed by atoms with Gasteiger partial charge in [-0.2, -0.15) is 0 Å². The molecule has 0 aliphatic carbocycles. The maximum absolute atomic E-state index is 12.2. The Morgan fingerprint density at radius 2 is 1.81 bits per heavy atom. The zero-order valence-corrected chi connectivity index (χ0v) is 12.5. The molecule has 2 aromatic heterocycles. The minimum absolute atomic E-state index is 0.139. The number of rotatable bonds is 2. The van der Waals surface area contributed by atoms with E-state index >= 15 is 0 Å². The molecule has 0 fully saturated rings. The van der Waals surface area contributed by atoms with Crippen LogP contribution in [0, 0.1) is 20.8 Å². The summed E-state index contributed by atoms with van der Waals surface area (Å²) in [5.74, 6) is 0.139. The average molecular weight is 315 g/mol. The molecule has 4 heteroatoms. The number of thiophene rings is 2. The van der Waals surface area contributed by atoms with Gasteiger partial charge in [0.25, 0.3) is 0 Å². The number of ketones is 1. The Balaban J connectivity index is 2.42. The molecule has 0 saturated heterocycles. The van der Waals surface area contributed by atoms with Gasteiger partial charge < -0.3 is 0 Å². The predicted molar refractivity (Wildman–Crippen MR) is 74.0 cm³/mol. The van der Waals surface area contributed by atoms with E-state index in [9.17, 15) is 4.79 Å². The van der Waals surface area contributed by atoms with Crippen LogP contribution in [0.4, 0.5) is 0 Å². The average Bonchev–Trinajstić information content (AvgIpc) is 2.70. The van der Waals surface area contributed by atoms with Gasteiger partial charge in [-0.05, 0) is 54.4 Å². The van der Waals surface area contributed by atoms with E-state index in [1.54, 1.807) is 22.7 Å². The number of aryl methyl sites for hydroxylation is 3.